The summed E-state index contributed by atoms with van der Waals surface area (Å²) < 4.78 is 19.0. The molecule has 6 nitrogen and oxygen atoms in total. The van der Waals surface area contributed by atoms with Crippen LogP contribution in [-0.2, 0) is 9.53 Å². The summed E-state index contributed by atoms with van der Waals surface area (Å²) in [5, 5.41) is 2.38. The molecule has 1 rings (SSSR count). The lowest BCUT2D eigenvalue weighted by Gasteiger charge is -2.16. The van der Waals surface area contributed by atoms with Crippen molar-refractivity contribution in [3.8, 4) is 0 Å². The zero-order valence-electron chi connectivity index (χ0n) is 13.5. The molecule has 1 aromatic carbocycles. The Morgan fingerprint density at radius 3 is 2.67 bits per heavy atom. The first-order valence-electron chi connectivity index (χ1n) is 7.21. The molecule has 130 valence electrons. The lowest BCUT2D eigenvalue weighted by atomic mass is 10.2. The second-order valence-corrected chi connectivity index (χ2v) is 6.95. The number of carbonyl (C=O) groups excluding carboxylic acids is 2. The third-order valence-corrected chi connectivity index (χ3v) is 4.68. The molecule has 1 atom stereocenters. The molecule has 0 bridgehead atoms. The standard InChI is InChI=1S/C15H17ClFN3O3S/c1-4-12(15(22)23-7-8(2)3)24-13-5-9(14(21)19-20-18)11(17)6-10(13)16/h5-6,8,12H,4,7H2,1-3H3. The monoisotopic (exact) mass is 373 g/mol. The number of thioether (sulfide) groups is 1. The van der Waals surface area contributed by atoms with E-state index in [2.05, 4.69) is 10.0 Å². The first-order valence-corrected chi connectivity index (χ1v) is 8.47. The highest BCUT2D eigenvalue weighted by molar-refractivity contribution is 8.00. The Labute approximate surface area is 148 Å². The van der Waals surface area contributed by atoms with Crippen LogP contribution < -0.4 is 0 Å². The Morgan fingerprint density at radius 2 is 2.12 bits per heavy atom. The maximum absolute atomic E-state index is 13.8. The summed E-state index contributed by atoms with van der Waals surface area (Å²) in [5.74, 6) is -2.14. The average Bonchev–Trinajstić information content (AvgIpc) is 2.52. The molecule has 0 saturated carbocycles. The average molecular weight is 374 g/mol. The van der Waals surface area contributed by atoms with Gasteiger partial charge in [0, 0.05) is 9.81 Å². The van der Waals surface area contributed by atoms with Gasteiger partial charge in [-0.05, 0) is 35.1 Å². The fourth-order valence-electron chi connectivity index (χ4n) is 1.67. The van der Waals surface area contributed by atoms with Gasteiger partial charge in [0.1, 0.15) is 11.1 Å². The van der Waals surface area contributed by atoms with Crippen molar-refractivity contribution >= 4 is 35.2 Å². The molecule has 0 heterocycles. The number of amides is 1. The zero-order chi connectivity index (χ0) is 18.3. The molecule has 0 saturated heterocycles. The summed E-state index contributed by atoms with van der Waals surface area (Å²) in [6.07, 6.45) is 0.467. The van der Waals surface area contributed by atoms with Crippen LogP contribution in [0.5, 0.6) is 0 Å². The van der Waals surface area contributed by atoms with Gasteiger partial charge in [0.15, 0.2) is 0 Å². The molecule has 24 heavy (non-hydrogen) atoms. The number of rotatable bonds is 7. The van der Waals surface area contributed by atoms with E-state index in [-0.39, 0.29) is 10.9 Å². The van der Waals surface area contributed by atoms with Crippen molar-refractivity contribution < 1.29 is 18.7 Å². The van der Waals surface area contributed by atoms with Gasteiger partial charge >= 0.3 is 5.97 Å². The van der Waals surface area contributed by atoms with Crippen LogP contribution in [0.3, 0.4) is 0 Å². The summed E-state index contributed by atoms with van der Waals surface area (Å²) in [5.41, 5.74) is 7.90. The van der Waals surface area contributed by atoms with Gasteiger partial charge in [0.05, 0.1) is 17.2 Å². The number of ether oxygens (including phenoxy) is 1. The molecule has 9 heteroatoms. The number of hydrogen-bond acceptors (Lipinski definition) is 4. The van der Waals surface area contributed by atoms with Gasteiger partial charge in [0.25, 0.3) is 5.91 Å². The topological polar surface area (TPSA) is 92.1 Å². The highest BCUT2D eigenvalue weighted by Gasteiger charge is 2.23. The van der Waals surface area contributed by atoms with Crippen molar-refractivity contribution in [3.63, 3.8) is 0 Å². The fraction of sp³-hybridized carbons (Fsp3) is 0.467. The fourth-order valence-corrected chi connectivity index (χ4v) is 2.95. The minimum Gasteiger partial charge on any atom is -0.465 e. The second kappa shape index (κ2) is 9.52. The Kier molecular flexibility index (Phi) is 8.04. The highest BCUT2D eigenvalue weighted by atomic mass is 35.5. The lowest BCUT2D eigenvalue weighted by molar-refractivity contribution is -0.144. The molecule has 0 aromatic heterocycles. The SMILES string of the molecule is CCC(Sc1cc(C(=O)N=[N+]=[N-])c(F)cc1Cl)C(=O)OCC(C)C. The predicted molar refractivity (Wildman–Crippen MR) is 90.6 cm³/mol. The van der Waals surface area contributed by atoms with E-state index in [0.717, 1.165) is 17.8 Å². The predicted octanol–water partition coefficient (Wildman–Crippen LogP) is 5.00. The van der Waals surface area contributed by atoms with Crippen LogP contribution in [0.4, 0.5) is 4.39 Å². The van der Waals surface area contributed by atoms with Crippen molar-refractivity contribution in [2.24, 2.45) is 11.0 Å². The summed E-state index contributed by atoms with van der Waals surface area (Å²) in [7, 11) is 0. The molecular formula is C15H17ClFN3O3S. The Morgan fingerprint density at radius 1 is 1.46 bits per heavy atom. The van der Waals surface area contributed by atoms with Crippen LogP contribution in [0.2, 0.25) is 5.02 Å². The molecular weight excluding hydrogens is 357 g/mol. The summed E-state index contributed by atoms with van der Waals surface area (Å²) in [6, 6.07) is 2.13. The normalized spacial score (nSPS) is 11.8. The van der Waals surface area contributed by atoms with E-state index in [1.165, 1.54) is 6.07 Å². The minimum atomic E-state index is -1.05. The van der Waals surface area contributed by atoms with Gasteiger partial charge < -0.3 is 4.74 Å². The van der Waals surface area contributed by atoms with Crippen molar-refractivity contribution in [2.45, 2.75) is 37.3 Å². The molecule has 0 radical (unpaired) electrons. The first kappa shape index (κ1) is 20.3. The van der Waals surface area contributed by atoms with Crippen LogP contribution in [0, 0.1) is 11.7 Å². The van der Waals surface area contributed by atoms with Gasteiger partial charge in [-0.2, -0.15) is 0 Å². The van der Waals surface area contributed by atoms with Gasteiger partial charge in [-0.3, -0.25) is 9.59 Å². The highest BCUT2D eigenvalue weighted by Crippen LogP contribution is 2.34. The number of carbonyl (C=O) groups is 2. The van der Waals surface area contributed by atoms with Crippen LogP contribution in [0.25, 0.3) is 10.4 Å². The molecule has 1 amide bonds. The van der Waals surface area contributed by atoms with E-state index in [1.54, 1.807) is 6.92 Å². The number of azide groups is 1. The van der Waals surface area contributed by atoms with Crippen molar-refractivity contribution in [1.82, 2.24) is 0 Å². The van der Waals surface area contributed by atoms with E-state index < -0.39 is 28.5 Å². The summed E-state index contributed by atoms with van der Waals surface area (Å²) >= 11 is 7.06. The van der Waals surface area contributed by atoms with Crippen molar-refractivity contribution in [2.75, 3.05) is 6.61 Å². The summed E-state index contributed by atoms with van der Waals surface area (Å²) in [6.45, 7) is 5.95. The van der Waals surface area contributed by atoms with Crippen LogP contribution in [-0.4, -0.2) is 23.7 Å². The lowest BCUT2D eigenvalue weighted by Crippen LogP contribution is -2.21. The Hall–Kier alpha value is -1.76. The molecule has 1 unspecified atom stereocenters. The number of hydrogen-bond donors (Lipinski definition) is 0. The Bertz CT molecular complexity index is 678. The second-order valence-electron chi connectivity index (χ2n) is 5.30. The molecule has 0 N–H and O–H groups in total. The molecule has 0 fully saturated rings. The number of esters is 1. The van der Waals surface area contributed by atoms with Crippen molar-refractivity contribution in [1.29, 1.82) is 0 Å². The van der Waals surface area contributed by atoms with E-state index in [9.17, 15) is 14.0 Å². The zero-order valence-corrected chi connectivity index (χ0v) is 15.0. The first-order chi connectivity index (χ1) is 11.3. The number of nitrogens with zero attached hydrogens (tertiary/aromatic N) is 3. The Balaban J connectivity index is 3.03. The quantitative estimate of drug-likeness (QED) is 0.221. The largest absolute Gasteiger partial charge is 0.465 e. The maximum Gasteiger partial charge on any atom is 0.319 e. The maximum atomic E-state index is 13.8. The number of benzene rings is 1. The van der Waals surface area contributed by atoms with E-state index in [1.807, 2.05) is 13.8 Å². The van der Waals surface area contributed by atoms with Crippen LogP contribution in [0.15, 0.2) is 22.1 Å². The van der Waals surface area contributed by atoms with Crippen LogP contribution >= 0.6 is 23.4 Å². The van der Waals surface area contributed by atoms with E-state index >= 15 is 0 Å². The van der Waals surface area contributed by atoms with Crippen molar-refractivity contribution in [3.05, 3.63) is 39.0 Å². The van der Waals surface area contributed by atoms with Gasteiger partial charge in [-0.25, -0.2) is 4.39 Å². The third-order valence-electron chi connectivity index (χ3n) is 2.85. The molecule has 0 spiro atoms. The van der Waals surface area contributed by atoms with E-state index in [0.29, 0.717) is 17.9 Å². The van der Waals surface area contributed by atoms with Gasteiger partial charge in [-0.1, -0.05) is 32.4 Å². The van der Waals surface area contributed by atoms with Crippen LogP contribution in [0.1, 0.15) is 37.6 Å². The van der Waals surface area contributed by atoms with E-state index in [4.69, 9.17) is 21.9 Å². The smallest absolute Gasteiger partial charge is 0.319 e. The molecule has 0 aliphatic heterocycles. The third kappa shape index (κ3) is 5.70. The summed E-state index contributed by atoms with van der Waals surface area (Å²) in [4.78, 5) is 26.4. The van der Waals surface area contributed by atoms with Gasteiger partial charge in [0.2, 0.25) is 0 Å². The van der Waals surface area contributed by atoms with Gasteiger partial charge in [-0.15, -0.1) is 11.8 Å². The number of halogens is 2. The molecule has 0 aliphatic carbocycles. The minimum absolute atomic E-state index is 0.0603. The molecule has 0 aliphatic rings. The molecule has 1 aromatic rings.